The topological polar surface area (TPSA) is 44.8 Å². The maximum absolute atomic E-state index is 11.3. The van der Waals surface area contributed by atoms with Crippen LogP contribution < -0.4 is 0 Å². The zero-order valence-corrected chi connectivity index (χ0v) is 16.9. The molecule has 23 heavy (non-hydrogen) atoms. The van der Waals surface area contributed by atoms with Crippen molar-refractivity contribution < 1.29 is 19.0 Å². The fourth-order valence-corrected chi connectivity index (χ4v) is 2.45. The minimum atomic E-state index is -0.186. The Hall–Kier alpha value is -0.390. The number of esters is 1. The first-order chi connectivity index (χ1) is 10.9. The molecule has 0 aromatic heterocycles. The Morgan fingerprint density at radius 2 is 1.91 bits per heavy atom. The normalized spacial score (nSPS) is 14.8. The van der Waals surface area contributed by atoms with Crippen LogP contribution in [0.25, 0.3) is 0 Å². The van der Waals surface area contributed by atoms with Gasteiger partial charge in [0, 0.05) is 11.8 Å². The van der Waals surface area contributed by atoms with Crippen LogP contribution in [0.3, 0.4) is 0 Å². The molecule has 2 atom stereocenters. The van der Waals surface area contributed by atoms with Gasteiger partial charge in [-0.2, -0.15) is 0 Å². The molecule has 0 radical (unpaired) electrons. The second-order valence-electron chi connectivity index (χ2n) is 6.14. The highest BCUT2D eigenvalue weighted by Gasteiger charge is 2.12. The van der Waals surface area contributed by atoms with Crippen molar-refractivity contribution in [1.82, 2.24) is 0 Å². The fraction of sp³-hybridized carbons (Fsp3) is 0.833. The number of hydrogen-bond donors (Lipinski definition) is 0. The van der Waals surface area contributed by atoms with Crippen LogP contribution in [0, 0.1) is 5.92 Å². The summed E-state index contributed by atoms with van der Waals surface area (Å²) in [5.41, 5.74) is 1.22. The van der Waals surface area contributed by atoms with E-state index in [4.69, 9.17) is 14.2 Å². The van der Waals surface area contributed by atoms with E-state index in [9.17, 15) is 4.79 Å². The van der Waals surface area contributed by atoms with Gasteiger partial charge in [0.2, 0.25) is 0 Å². The quantitative estimate of drug-likeness (QED) is 0.194. The maximum atomic E-state index is 11.3. The standard InChI is InChI=1S/C18H33BrO4/c1-6-21-18(20)11-10-15(4)8-7-9-17(12-19)23-16(5)22-13-14(2)3/h8,14,16-17H,6-7,9-13H2,1-5H3. The highest BCUT2D eigenvalue weighted by molar-refractivity contribution is 9.09. The van der Waals surface area contributed by atoms with Gasteiger partial charge in [-0.15, -0.1) is 0 Å². The molecule has 2 unspecified atom stereocenters. The lowest BCUT2D eigenvalue weighted by atomic mass is 10.1. The Morgan fingerprint density at radius 3 is 2.48 bits per heavy atom. The molecule has 4 nitrogen and oxygen atoms in total. The van der Waals surface area contributed by atoms with Crippen LogP contribution in [0.2, 0.25) is 0 Å². The molecule has 0 saturated carbocycles. The van der Waals surface area contributed by atoms with Crippen LogP contribution in [0.15, 0.2) is 11.6 Å². The van der Waals surface area contributed by atoms with Crippen LogP contribution in [0.1, 0.15) is 60.3 Å². The summed E-state index contributed by atoms with van der Waals surface area (Å²) in [5.74, 6) is 0.381. The van der Waals surface area contributed by atoms with Gasteiger partial charge in [-0.05, 0) is 46.0 Å². The van der Waals surface area contributed by atoms with Crippen LogP contribution >= 0.6 is 15.9 Å². The Labute approximate surface area is 150 Å². The Bertz CT molecular complexity index is 342. The molecule has 0 aliphatic heterocycles. The summed E-state index contributed by atoms with van der Waals surface area (Å²) in [6, 6.07) is 0. The summed E-state index contributed by atoms with van der Waals surface area (Å²) in [6.45, 7) is 11.2. The fourth-order valence-electron chi connectivity index (χ4n) is 1.97. The SMILES string of the molecule is CCOC(=O)CCC(C)=CCCC(CBr)OC(C)OCC(C)C. The lowest BCUT2D eigenvalue weighted by Gasteiger charge is -2.21. The van der Waals surface area contributed by atoms with Crippen molar-refractivity contribution in [2.24, 2.45) is 5.92 Å². The summed E-state index contributed by atoms with van der Waals surface area (Å²) in [6.07, 6.45) is 5.19. The van der Waals surface area contributed by atoms with Gasteiger partial charge in [-0.3, -0.25) is 4.79 Å². The van der Waals surface area contributed by atoms with Crippen molar-refractivity contribution >= 4 is 21.9 Å². The number of allylic oxidation sites excluding steroid dienone is 2. The molecule has 0 aromatic carbocycles. The van der Waals surface area contributed by atoms with E-state index in [2.05, 4.69) is 42.8 Å². The largest absolute Gasteiger partial charge is 0.466 e. The third-order valence-electron chi connectivity index (χ3n) is 3.23. The molecule has 0 aliphatic rings. The van der Waals surface area contributed by atoms with Gasteiger partial charge >= 0.3 is 5.97 Å². The first kappa shape index (κ1) is 22.6. The molecule has 0 heterocycles. The number of hydrogen-bond acceptors (Lipinski definition) is 4. The predicted octanol–water partition coefficient (Wildman–Crippen LogP) is 4.85. The molecule has 0 N–H and O–H groups in total. The highest BCUT2D eigenvalue weighted by Crippen LogP contribution is 2.13. The van der Waals surface area contributed by atoms with Gasteiger partial charge in [0.15, 0.2) is 6.29 Å². The van der Waals surface area contributed by atoms with Gasteiger partial charge in [0.1, 0.15) is 0 Å². The average Bonchev–Trinajstić information content (AvgIpc) is 2.50. The zero-order valence-electron chi connectivity index (χ0n) is 15.3. The first-order valence-corrected chi connectivity index (χ1v) is 9.65. The van der Waals surface area contributed by atoms with Gasteiger partial charge in [-0.25, -0.2) is 0 Å². The van der Waals surface area contributed by atoms with E-state index in [-0.39, 0.29) is 18.4 Å². The van der Waals surface area contributed by atoms with Gasteiger partial charge in [0.25, 0.3) is 0 Å². The van der Waals surface area contributed by atoms with E-state index in [0.29, 0.717) is 25.6 Å². The number of halogens is 1. The van der Waals surface area contributed by atoms with E-state index < -0.39 is 0 Å². The number of carbonyl (C=O) groups excluding carboxylic acids is 1. The Balaban J connectivity index is 4.00. The molecule has 0 aromatic rings. The molecular weight excluding hydrogens is 360 g/mol. The molecule has 0 saturated heterocycles. The molecule has 0 aliphatic carbocycles. The van der Waals surface area contributed by atoms with Crippen LogP contribution in [-0.4, -0.2) is 36.9 Å². The lowest BCUT2D eigenvalue weighted by molar-refractivity contribution is -0.160. The van der Waals surface area contributed by atoms with Crippen molar-refractivity contribution in [1.29, 1.82) is 0 Å². The summed E-state index contributed by atoms with van der Waals surface area (Å²) < 4.78 is 16.5. The number of rotatable bonds is 13. The number of carbonyl (C=O) groups is 1. The van der Waals surface area contributed by atoms with Crippen LogP contribution in [-0.2, 0) is 19.0 Å². The molecule has 0 fully saturated rings. The number of ether oxygens (including phenoxy) is 3. The third kappa shape index (κ3) is 13.7. The van der Waals surface area contributed by atoms with Gasteiger partial charge in [-0.1, -0.05) is 41.4 Å². The third-order valence-corrected chi connectivity index (χ3v) is 3.95. The van der Waals surface area contributed by atoms with Crippen molar-refractivity contribution in [2.45, 2.75) is 72.7 Å². The molecule has 136 valence electrons. The molecule has 0 spiro atoms. The zero-order chi connectivity index (χ0) is 17.7. The molecule has 0 bridgehead atoms. The van der Waals surface area contributed by atoms with E-state index in [1.165, 1.54) is 5.57 Å². The molecule has 0 amide bonds. The minimum Gasteiger partial charge on any atom is -0.466 e. The lowest BCUT2D eigenvalue weighted by Crippen LogP contribution is -2.24. The second kappa shape index (κ2) is 14.0. The van der Waals surface area contributed by atoms with Crippen molar-refractivity contribution in [3.05, 3.63) is 11.6 Å². The van der Waals surface area contributed by atoms with Gasteiger partial charge < -0.3 is 14.2 Å². The summed E-state index contributed by atoms with van der Waals surface area (Å²) in [7, 11) is 0. The highest BCUT2D eigenvalue weighted by atomic mass is 79.9. The average molecular weight is 393 g/mol. The molecular formula is C18H33BrO4. The van der Waals surface area contributed by atoms with E-state index in [0.717, 1.165) is 24.6 Å². The first-order valence-electron chi connectivity index (χ1n) is 8.53. The summed E-state index contributed by atoms with van der Waals surface area (Å²) in [4.78, 5) is 11.3. The summed E-state index contributed by atoms with van der Waals surface area (Å²) in [5, 5.41) is 0.790. The second-order valence-corrected chi connectivity index (χ2v) is 6.79. The molecule has 0 rings (SSSR count). The number of alkyl halides is 1. The maximum Gasteiger partial charge on any atom is 0.306 e. The van der Waals surface area contributed by atoms with Gasteiger partial charge in [0.05, 0.1) is 19.3 Å². The van der Waals surface area contributed by atoms with E-state index in [1.807, 2.05) is 13.8 Å². The predicted molar refractivity (Wildman–Crippen MR) is 97.8 cm³/mol. The van der Waals surface area contributed by atoms with Crippen LogP contribution in [0.5, 0.6) is 0 Å². The van der Waals surface area contributed by atoms with Crippen molar-refractivity contribution in [2.75, 3.05) is 18.5 Å². The van der Waals surface area contributed by atoms with Crippen molar-refractivity contribution in [3.63, 3.8) is 0 Å². The summed E-state index contributed by atoms with van der Waals surface area (Å²) >= 11 is 3.50. The minimum absolute atomic E-state index is 0.127. The Kier molecular flexibility index (Phi) is 13.8. The smallest absolute Gasteiger partial charge is 0.306 e. The van der Waals surface area contributed by atoms with Crippen LogP contribution in [0.4, 0.5) is 0 Å². The van der Waals surface area contributed by atoms with E-state index >= 15 is 0 Å². The van der Waals surface area contributed by atoms with E-state index in [1.54, 1.807) is 0 Å². The molecule has 5 heteroatoms. The Morgan fingerprint density at radius 1 is 1.22 bits per heavy atom. The van der Waals surface area contributed by atoms with Crippen molar-refractivity contribution in [3.8, 4) is 0 Å². The monoisotopic (exact) mass is 392 g/mol.